The Hall–Kier alpha value is -4.20. The number of nitrogens with zero attached hydrogens (tertiary/aromatic N) is 1. The van der Waals surface area contributed by atoms with E-state index in [0.29, 0.717) is 35.6 Å². The number of hydrogen-bond donors (Lipinski definition) is 0. The minimum atomic E-state index is -1.67. The highest BCUT2D eigenvalue weighted by Gasteiger charge is 2.32. The van der Waals surface area contributed by atoms with Crippen molar-refractivity contribution in [3.63, 3.8) is 0 Å². The van der Waals surface area contributed by atoms with E-state index in [1.807, 2.05) is 0 Å². The van der Waals surface area contributed by atoms with Crippen molar-refractivity contribution in [1.29, 1.82) is 0 Å². The van der Waals surface area contributed by atoms with Gasteiger partial charge in [-0.15, -0.1) is 16.4 Å². The van der Waals surface area contributed by atoms with Gasteiger partial charge < -0.3 is 18.7 Å². The molecular weight excluding hydrogens is 559 g/mol. The Bertz CT molecular complexity index is 1530. The monoisotopic (exact) mass is 581 g/mol. The maximum absolute atomic E-state index is 14.8. The van der Waals surface area contributed by atoms with Gasteiger partial charge in [0.15, 0.2) is 11.4 Å². The fourth-order valence-electron chi connectivity index (χ4n) is 3.89. The summed E-state index contributed by atoms with van der Waals surface area (Å²) in [5, 5.41) is -0.102. The molecular formula is C26H22F3NO9S. The average molecular weight is 582 g/mol. The Kier molecular flexibility index (Phi) is 8.87. The maximum Gasteiger partial charge on any atom is 0.345 e. The van der Waals surface area contributed by atoms with Gasteiger partial charge in [-0.2, -0.15) is 8.78 Å². The lowest BCUT2D eigenvalue weighted by atomic mass is 10.1. The van der Waals surface area contributed by atoms with Crippen LogP contribution in [0.2, 0.25) is 0 Å². The van der Waals surface area contributed by atoms with Gasteiger partial charge >= 0.3 is 17.6 Å². The van der Waals surface area contributed by atoms with Crippen molar-refractivity contribution in [3.8, 4) is 16.2 Å². The van der Waals surface area contributed by atoms with E-state index in [2.05, 4.69) is 9.47 Å². The van der Waals surface area contributed by atoms with Crippen molar-refractivity contribution in [3.05, 3.63) is 50.9 Å². The molecule has 0 saturated carbocycles. The SMILES string of the molecule is CC(=O)OCOc1c(F)c(F)c2cc(-c3ccc(CCCCCC(=O)ON4C(=O)CCC4=O)s3)c(=O)oc2c1F. The summed E-state index contributed by atoms with van der Waals surface area (Å²) in [7, 11) is 0. The Morgan fingerprint density at radius 3 is 2.42 bits per heavy atom. The molecule has 40 heavy (non-hydrogen) atoms. The summed E-state index contributed by atoms with van der Waals surface area (Å²) >= 11 is 1.21. The van der Waals surface area contributed by atoms with E-state index < -0.39 is 70.3 Å². The van der Waals surface area contributed by atoms with E-state index in [1.165, 1.54) is 11.3 Å². The molecule has 0 N–H and O–H groups in total. The lowest BCUT2D eigenvalue weighted by Gasteiger charge is -2.12. The van der Waals surface area contributed by atoms with Gasteiger partial charge in [-0.3, -0.25) is 14.4 Å². The topological polar surface area (TPSA) is 129 Å². The summed E-state index contributed by atoms with van der Waals surface area (Å²) in [6.45, 7) is 0.164. The second-order valence-corrected chi connectivity index (χ2v) is 9.90. The summed E-state index contributed by atoms with van der Waals surface area (Å²) in [5.41, 5.74) is -1.92. The van der Waals surface area contributed by atoms with Crippen molar-refractivity contribution in [2.45, 2.75) is 51.9 Å². The van der Waals surface area contributed by atoms with E-state index in [9.17, 15) is 37.1 Å². The van der Waals surface area contributed by atoms with Crippen molar-refractivity contribution >= 4 is 46.1 Å². The van der Waals surface area contributed by atoms with Crippen molar-refractivity contribution in [1.82, 2.24) is 5.06 Å². The third-order valence-electron chi connectivity index (χ3n) is 5.87. The molecule has 0 unspecified atom stereocenters. The molecule has 3 aromatic rings. The number of fused-ring (bicyclic) bond motifs is 1. The van der Waals surface area contributed by atoms with Gasteiger partial charge in [-0.05, 0) is 37.5 Å². The second-order valence-electron chi connectivity index (χ2n) is 8.73. The van der Waals surface area contributed by atoms with E-state index >= 15 is 0 Å². The molecule has 0 radical (unpaired) electrons. The summed E-state index contributed by atoms with van der Waals surface area (Å²) in [5.74, 6) is -8.37. The van der Waals surface area contributed by atoms with Crippen LogP contribution >= 0.6 is 11.3 Å². The number of carbonyl (C=O) groups excluding carboxylic acids is 4. The number of amides is 2. The normalized spacial score (nSPS) is 13.2. The highest BCUT2D eigenvalue weighted by atomic mass is 32.1. The fourth-order valence-corrected chi connectivity index (χ4v) is 4.95. The summed E-state index contributed by atoms with van der Waals surface area (Å²) in [4.78, 5) is 64.3. The van der Waals surface area contributed by atoms with Crippen LogP contribution in [0.3, 0.4) is 0 Å². The number of ether oxygens (including phenoxy) is 2. The molecule has 2 aromatic heterocycles. The third kappa shape index (κ3) is 6.33. The third-order valence-corrected chi connectivity index (χ3v) is 7.05. The number of thiophene rings is 1. The zero-order valence-electron chi connectivity index (χ0n) is 21.1. The molecule has 4 rings (SSSR count). The maximum atomic E-state index is 14.8. The van der Waals surface area contributed by atoms with Gasteiger partial charge in [0, 0.05) is 35.9 Å². The molecule has 1 aliphatic rings. The smallest absolute Gasteiger partial charge is 0.345 e. The van der Waals surface area contributed by atoms with Gasteiger partial charge in [0.2, 0.25) is 24.2 Å². The van der Waals surface area contributed by atoms with Gasteiger partial charge in [-0.1, -0.05) is 6.42 Å². The zero-order valence-corrected chi connectivity index (χ0v) is 21.9. The Labute approximate surface area is 228 Å². The Balaban J connectivity index is 1.37. The molecule has 212 valence electrons. The van der Waals surface area contributed by atoms with E-state index in [-0.39, 0.29) is 24.8 Å². The quantitative estimate of drug-likeness (QED) is 0.0800. The first-order valence-corrected chi connectivity index (χ1v) is 12.9. The van der Waals surface area contributed by atoms with Crippen LogP contribution in [0.25, 0.3) is 21.4 Å². The van der Waals surface area contributed by atoms with Gasteiger partial charge in [0.05, 0.1) is 10.9 Å². The van der Waals surface area contributed by atoms with Crippen molar-refractivity contribution < 1.29 is 51.1 Å². The number of hydroxylamine groups is 2. The predicted octanol–water partition coefficient (Wildman–Crippen LogP) is 4.55. The summed E-state index contributed by atoms with van der Waals surface area (Å²) < 4.78 is 58.1. The minimum Gasteiger partial charge on any atom is -0.451 e. The zero-order chi connectivity index (χ0) is 29.0. The number of imide groups is 1. The molecule has 1 aromatic carbocycles. The summed E-state index contributed by atoms with van der Waals surface area (Å²) in [6.07, 6.45) is 2.42. The predicted molar refractivity (Wildman–Crippen MR) is 132 cm³/mol. The molecule has 3 heterocycles. The van der Waals surface area contributed by atoms with E-state index in [0.717, 1.165) is 17.9 Å². The van der Waals surface area contributed by atoms with Crippen molar-refractivity contribution in [2.24, 2.45) is 0 Å². The molecule has 14 heteroatoms. The van der Waals surface area contributed by atoms with Crippen LogP contribution in [0.1, 0.15) is 50.3 Å². The number of benzene rings is 1. The number of hydrogen-bond acceptors (Lipinski definition) is 10. The molecule has 0 atom stereocenters. The lowest BCUT2D eigenvalue weighted by Crippen LogP contribution is -2.31. The first-order chi connectivity index (χ1) is 19.1. The molecule has 0 bridgehead atoms. The number of aryl methyl sites for hydroxylation is 1. The van der Waals surface area contributed by atoms with Gasteiger partial charge in [-0.25, -0.2) is 14.0 Å². The largest absolute Gasteiger partial charge is 0.451 e. The van der Waals surface area contributed by atoms with E-state index in [4.69, 9.17) is 9.25 Å². The molecule has 10 nitrogen and oxygen atoms in total. The van der Waals surface area contributed by atoms with Crippen LogP contribution in [0.5, 0.6) is 5.75 Å². The van der Waals surface area contributed by atoms with Gasteiger partial charge in [0.25, 0.3) is 11.8 Å². The first-order valence-electron chi connectivity index (χ1n) is 12.1. The highest BCUT2D eigenvalue weighted by Crippen LogP contribution is 2.35. The minimum absolute atomic E-state index is 0.0215. The molecule has 0 spiro atoms. The number of carbonyl (C=O) groups is 4. The van der Waals surface area contributed by atoms with Crippen LogP contribution in [0, 0.1) is 17.5 Å². The van der Waals surface area contributed by atoms with Gasteiger partial charge in [0.1, 0.15) is 0 Å². The second kappa shape index (κ2) is 12.3. The van der Waals surface area contributed by atoms with Crippen LogP contribution in [-0.2, 0) is 35.2 Å². The highest BCUT2D eigenvalue weighted by molar-refractivity contribution is 7.15. The average Bonchev–Trinajstić information content (AvgIpc) is 3.50. The molecule has 1 fully saturated rings. The van der Waals surface area contributed by atoms with Crippen molar-refractivity contribution in [2.75, 3.05) is 6.79 Å². The number of halogens is 3. The standard InChI is InChI=1S/C26H22F3NO9S/c1-13(31)36-12-37-25-22(28)21(27)16-11-15(26(35)38-24(16)23(25)29)17-8-7-14(40-17)5-3-2-4-6-20(34)39-30-18(32)9-10-19(30)33/h7-8,11H,2-6,9-10,12H2,1H3. The number of unbranched alkanes of at least 4 members (excludes halogenated alkanes) is 2. The summed E-state index contributed by atoms with van der Waals surface area (Å²) in [6, 6.07) is 4.34. The van der Waals surface area contributed by atoms with Crippen LogP contribution in [0.15, 0.2) is 27.4 Å². The Morgan fingerprint density at radius 2 is 1.73 bits per heavy atom. The fraction of sp³-hybridized carbons (Fsp3) is 0.346. The molecule has 2 amide bonds. The first kappa shape index (κ1) is 28.8. The molecule has 0 aliphatic carbocycles. The number of rotatable bonds is 11. The van der Waals surface area contributed by atoms with Crippen LogP contribution < -0.4 is 10.4 Å². The van der Waals surface area contributed by atoms with E-state index in [1.54, 1.807) is 12.1 Å². The Morgan fingerprint density at radius 1 is 1.00 bits per heavy atom. The molecule has 1 saturated heterocycles. The lowest BCUT2D eigenvalue weighted by molar-refractivity contribution is -0.197. The number of esters is 1. The van der Waals surface area contributed by atoms with Crippen LogP contribution in [0.4, 0.5) is 13.2 Å². The molecule has 1 aliphatic heterocycles. The van der Waals surface area contributed by atoms with Crippen LogP contribution in [-0.4, -0.2) is 35.6 Å².